The number of methoxy groups -OCH3 is 1. The van der Waals surface area contributed by atoms with E-state index in [1.54, 1.807) is 24.3 Å². The van der Waals surface area contributed by atoms with Gasteiger partial charge in [0.2, 0.25) is 0 Å². The van der Waals surface area contributed by atoms with Crippen molar-refractivity contribution in [3.8, 4) is 23.0 Å². The first-order valence-corrected chi connectivity index (χ1v) is 15.9. The van der Waals surface area contributed by atoms with Crippen molar-refractivity contribution < 1.29 is 64.8 Å². The van der Waals surface area contributed by atoms with Gasteiger partial charge < -0.3 is 0 Å². The number of hydrogen-bond acceptors (Lipinski definition) is 12. The summed E-state index contributed by atoms with van der Waals surface area (Å²) in [6.07, 6.45) is -9.76. The van der Waals surface area contributed by atoms with Crippen LogP contribution in [0.3, 0.4) is 0 Å². The van der Waals surface area contributed by atoms with Gasteiger partial charge in [0.25, 0.3) is 0 Å². The van der Waals surface area contributed by atoms with Gasteiger partial charge in [0.15, 0.2) is 0 Å². The molecule has 0 saturated carbocycles. The molecule has 1 heterocycles. The molecular formula is C33H27F2O12P. The van der Waals surface area contributed by atoms with Gasteiger partial charge in [-0.25, -0.2) is 0 Å². The molecule has 0 N–H and O–H groups in total. The third-order valence-corrected chi connectivity index (χ3v) is 8.09. The molecule has 5 rings (SSSR count). The standard InChI is InChI=1S/C33H27F2O12P/c1-40-26(30(36)41-22-14-6-2-7-15-22)27(31(37)42-23-16-8-3-9-17-23)45-48(34,35)46-28(32(38)43-24-18-10-4-11-19-24)29(47-48)33(39)44-25-20-12-5-13-21-25/h2-21,26-29H,1H3. The Morgan fingerprint density at radius 2 is 0.854 bits per heavy atom. The molecule has 4 atom stereocenters. The minimum absolute atomic E-state index is 0.0121. The molecular weight excluding hydrogens is 657 g/mol. The van der Waals surface area contributed by atoms with E-state index >= 15 is 8.39 Å². The van der Waals surface area contributed by atoms with E-state index in [1.165, 1.54) is 97.1 Å². The molecule has 0 radical (unpaired) electrons. The summed E-state index contributed by atoms with van der Waals surface area (Å²) in [7, 11) is -6.81. The molecule has 1 aliphatic heterocycles. The third-order valence-electron chi connectivity index (χ3n) is 6.42. The Morgan fingerprint density at radius 3 is 1.19 bits per heavy atom. The Morgan fingerprint density at radius 1 is 0.542 bits per heavy atom. The van der Waals surface area contributed by atoms with Crippen molar-refractivity contribution >= 4 is 31.8 Å². The van der Waals surface area contributed by atoms with Gasteiger partial charge in [-0.15, -0.1) is 0 Å². The zero-order valence-corrected chi connectivity index (χ0v) is 25.9. The number of halogens is 2. The second-order valence-corrected chi connectivity index (χ2v) is 11.9. The number of esters is 4. The Kier molecular flexibility index (Phi) is 10.5. The van der Waals surface area contributed by atoms with Crippen LogP contribution >= 0.6 is 7.91 Å². The predicted molar refractivity (Wildman–Crippen MR) is 163 cm³/mol. The van der Waals surface area contributed by atoms with Crippen LogP contribution in [0.15, 0.2) is 121 Å². The fourth-order valence-electron chi connectivity index (χ4n) is 4.27. The Balaban J connectivity index is 1.47. The normalized spacial score (nSPS) is 19.8. The van der Waals surface area contributed by atoms with E-state index in [-0.39, 0.29) is 23.0 Å². The first-order chi connectivity index (χ1) is 23.0. The fraction of sp³-hybridized carbons (Fsp3) is 0.152. The maximum absolute atomic E-state index is 16.6. The molecule has 1 fully saturated rings. The van der Waals surface area contributed by atoms with Crippen LogP contribution in [-0.4, -0.2) is 55.4 Å². The predicted octanol–water partition coefficient (Wildman–Crippen LogP) is 5.66. The number of para-hydroxylation sites is 4. The molecule has 4 aromatic carbocycles. The number of ether oxygens (including phenoxy) is 5. The number of rotatable bonds is 12. The van der Waals surface area contributed by atoms with Crippen molar-refractivity contribution in [1.82, 2.24) is 0 Å². The number of carbonyl (C=O) groups is 4. The van der Waals surface area contributed by atoms with Crippen LogP contribution < -0.4 is 18.9 Å². The van der Waals surface area contributed by atoms with E-state index < -0.39 is 56.2 Å². The zero-order chi connectivity index (χ0) is 34.2. The van der Waals surface area contributed by atoms with Crippen LogP contribution in [0.2, 0.25) is 0 Å². The van der Waals surface area contributed by atoms with Crippen molar-refractivity contribution in [2.75, 3.05) is 7.11 Å². The zero-order valence-electron chi connectivity index (χ0n) is 25.0. The third kappa shape index (κ3) is 8.62. The van der Waals surface area contributed by atoms with Crippen molar-refractivity contribution in [2.45, 2.75) is 24.4 Å². The van der Waals surface area contributed by atoms with Gasteiger partial charge >= 0.3 is 272 Å². The Hall–Kier alpha value is -5.11. The second kappa shape index (κ2) is 14.8. The summed E-state index contributed by atoms with van der Waals surface area (Å²) >= 11 is 0. The quantitative estimate of drug-likeness (QED) is 0.103. The summed E-state index contributed by atoms with van der Waals surface area (Å²) in [5.74, 6) is -6.10. The van der Waals surface area contributed by atoms with Gasteiger partial charge in [0.05, 0.1) is 0 Å². The van der Waals surface area contributed by atoms with Crippen LogP contribution in [-0.2, 0) is 37.5 Å². The fourth-order valence-corrected chi connectivity index (χ4v) is 6.08. The topological polar surface area (TPSA) is 142 Å². The SMILES string of the molecule is COC(C(=O)Oc1ccccc1)C(OP1(F)(F)OC(C(=O)Oc2ccccc2)C(C(=O)Oc2ccccc2)O1)C(=O)Oc1ccccc1. The van der Waals surface area contributed by atoms with Crippen LogP contribution in [0.25, 0.3) is 0 Å². The van der Waals surface area contributed by atoms with E-state index in [1.807, 2.05) is 0 Å². The summed E-state index contributed by atoms with van der Waals surface area (Å²) in [6, 6.07) is 29.4. The maximum atomic E-state index is 16.6. The summed E-state index contributed by atoms with van der Waals surface area (Å²) in [5, 5.41) is 0. The molecule has 0 aromatic heterocycles. The molecule has 0 aliphatic carbocycles. The van der Waals surface area contributed by atoms with Crippen LogP contribution in [0, 0.1) is 0 Å². The van der Waals surface area contributed by atoms with E-state index in [0.717, 1.165) is 7.11 Å². The van der Waals surface area contributed by atoms with E-state index in [2.05, 4.69) is 0 Å². The summed E-state index contributed by atoms with van der Waals surface area (Å²) in [4.78, 5) is 53.0. The van der Waals surface area contributed by atoms with Crippen LogP contribution in [0.1, 0.15) is 0 Å². The van der Waals surface area contributed by atoms with Gasteiger partial charge in [-0.3, -0.25) is 0 Å². The van der Waals surface area contributed by atoms with Gasteiger partial charge in [0, 0.05) is 0 Å². The molecule has 0 amide bonds. The van der Waals surface area contributed by atoms with Crippen molar-refractivity contribution in [3.63, 3.8) is 0 Å². The molecule has 250 valence electrons. The van der Waals surface area contributed by atoms with Gasteiger partial charge in [0.1, 0.15) is 0 Å². The summed E-state index contributed by atoms with van der Waals surface area (Å²) in [5.41, 5.74) is 0. The monoisotopic (exact) mass is 684 g/mol. The molecule has 1 saturated heterocycles. The summed E-state index contributed by atoms with van der Waals surface area (Å²) < 4.78 is 73.6. The first kappa shape index (κ1) is 34.2. The Labute approximate surface area is 272 Å². The van der Waals surface area contributed by atoms with Crippen LogP contribution in [0.5, 0.6) is 23.0 Å². The Bertz CT molecular complexity index is 1660. The molecule has 1 aliphatic rings. The summed E-state index contributed by atoms with van der Waals surface area (Å²) in [6.45, 7) is 0. The van der Waals surface area contributed by atoms with Gasteiger partial charge in [-0.2, -0.15) is 0 Å². The van der Waals surface area contributed by atoms with Crippen molar-refractivity contribution in [2.24, 2.45) is 0 Å². The number of hydrogen-bond donors (Lipinski definition) is 0. The minimum atomic E-state index is -7.73. The van der Waals surface area contributed by atoms with Gasteiger partial charge in [-0.05, 0) is 0 Å². The molecule has 48 heavy (non-hydrogen) atoms. The average molecular weight is 685 g/mol. The molecule has 12 nitrogen and oxygen atoms in total. The average Bonchev–Trinajstić information content (AvgIpc) is 3.39. The molecule has 4 aromatic rings. The number of benzene rings is 4. The molecule has 0 spiro atoms. The molecule has 0 bridgehead atoms. The van der Waals surface area contributed by atoms with Crippen LogP contribution in [0.4, 0.5) is 8.39 Å². The van der Waals surface area contributed by atoms with Crippen molar-refractivity contribution in [1.29, 1.82) is 0 Å². The first-order valence-electron chi connectivity index (χ1n) is 14.2. The molecule has 15 heteroatoms. The van der Waals surface area contributed by atoms with Gasteiger partial charge in [-0.1, -0.05) is 0 Å². The van der Waals surface area contributed by atoms with Crippen molar-refractivity contribution in [3.05, 3.63) is 121 Å². The second-order valence-electron chi connectivity index (χ2n) is 9.87. The number of carbonyl (C=O) groups excluding carboxylic acids is 4. The molecule has 4 unspecified atom stereocenters. The van der Waals surface area contributed by atoms with E-state index in [9.17, 15) is 19.2 Å². The van der Waals surface area contributed by atoms with E-state index in [4.69, 9.17) is 37.3 Å². The van der Waals surface area contributed by atoms with E-state index in [0.29, 0.717) is 0 Å².